The van der Waals surface area contributed by atoms with Gasteiger partial charge in [0.15, 0.2) is 0 Å². The highest BCUT2D eigenvalue weighted by Crippen LogP contribution is 2.36. The second kappa shape index (κ2) is 7.14. The number of hydrogen-bond acceptors (Lipinski definition) is 2. The van der Waals surface area contributed by atoms with Crippen molar-refractivity contribution in [3.8, 4) is 0 Å². The van der Waals surface area contributed by atoms with Crippen LogP contribution < -0.4 is 5.32 Å². The summed E-state index contributed by atoms with van der Waals surface area (Å²) in [5, 5.41) is 11.9. The van der Waals surface area contributed by atoms with Gasteiger partial charge in [-0.3, -0.25) is 0 Å². The Bertz CT molecular complexity index is 370. The van der Waals surface area contributed by atoms with E-state index in [4.69, 9.17) is 0 Å². The van der Waals surface area contributed by atoms with Crippen molar-refractivity contribution in [1.82, 2.24) is 10.2 Å². The Labute approximate surface area is 128 Å². The Hall–Kier alpha value is -1.26. The van der Waals surface area contributed by atoms with Crippen molar-refractivity contribution >= 4 is 12.0 Å². The van der Waals surface area contributed by atoms with Crippen LogP contribution in [0.15, 0.2) is 0 Å². The van der Waals surface area contributed by atoms with Gasteiger partial charge in [-0.05, 0) is 43.4 Å². The molecule has 1 fully saturated rings. The third-order valence-corrected chi connectivity index (χ3v) is 4.48. The van der Waals surface area contributed by atoms with Gasteiger partial charge in [-0.2, -0.15) is 0 Å². The number of carbonyl (C=O) groups excluding carboxylic acids is 1. The number of carbonyl (C=O) groups is 2. The van der Waals surface area contributed by atoms with Crippen molar-refractivity contribution in [2.75, 3.05) is 7.05 Å². The first kappa shape index (κ1) is 17.8. The summed E-state index contributed by atoms with van der Waals surface area (Å²) < 4.78 is 0. The quantitative estimate of drug-likeness (QED) is 0.819. The Balaban J connectivity index is 2.55. The highest BCUT2D eigenvalue weighted by atomic mass is 16.4. The zero-order valence-electron chi connectivity index (χ0n) is 14.0. The molecule has 1 rings (SSSR count). The Morgan fingerprint density at radius 2 is 1.81 bits per heavy atom. The van der Waals surface area contributed by atoms with Gasteiger partial charge >= 0.3 is 12.0 Å². The monoisotopic (exact) mass is 298 g/mol. The first-order valence-corrected chi connectivity index (χ1v) is 7.88. The summed E-state index contributed by atoms with van der Waals surface area (Å²) in [4.78, 5) is 25.2. The van der Waals surface area contributed by atoms with E-state index < -0.39 is 12.0 Å². The molecule has 0 aromatic heterocycles. The number of hydrogen-bond donors (Lipinski definition) is 2. The smallest absolute Gasteiger partial charge is 0.326 e. The molecule has 21 heavy (non-hydrogen) atoms. The molecule has 2 N–H and O–H groups in total. The van der Waals surface area contributed by atoms with Crippen LogP contribution in [-0.2, 0) is 4.79 Å². The number of nitrogens with zero attached hydrogens (tertiary/aromatic N) is 1. The van der Waals surface area contributed by atoms with Crippen molar-refractivity contribution in [3.05, 3.63) is 0 Å². The summed E-state index contributed by atoms with van der Waals surface area (Å²) in [6.45, 7) is 8.42. The lowest BCUT2D eigenvalue weighted by atomic mass is 9.75. The average molecular weight is 298 g/mol. The zero-order valence-corrected chi connectivity index (χ0v) is 14.0. The highest BCUT2D eigenvalue weighted by molar-refractivity contribution is 5.82. The molecule has 5 nitrogen and oxygen atoms in total. The van der Waals surface area contributed by atoms with Crippen LogP contribution in [0.3, 0.4) is 0 Å². The van der Waals surface area contributed by atoms with E-state index in [1.807, 2.05) is 13.8 Å². The molecular formula is C16H30N2O3. The van der Waals surface area contributed by atoms with E-state index in [-0.39, 0.29) is 18.0 Å². The van der Waals surface area contributed by atoms with Crippen LogP contribution in [0.25, 0.3) is 0 Å². The topological polar surface area (TPSA) is 69.6 Å². The van der Waals surface area contributed by atoms with Gasteiger partial charge in [-0.15, -0.1) is 0 Å². The molecule has 1 atom stereocenters. The minimum atomic E-state index is -0.963. The van der Waals surface area contributed by atoms with Gasteiger partial charge in [-0.25, -0.2) is 9.59 Å². The lowest BCUT2D eigenvalue weighted by Crippen LogP contribution is -2.51. The minimum Gasteiger partial charge on any atom is -0.480 e. The highest BCUT2D eigenvalue weighted by Gasteiger charge is 2.31. The average Bonchev–Trinajstić information content (AvgIpc) is 2.36. The van der Waals surface area contributed by atoms with E-state index in [0.717, 1.165) is 25.7 Å². The second-order valence-corrected chi connectivity index (χ2v) is 7.48. The molecule has 0 heterocycles. The first-order chi connectivity index (χ1) is 9.62. The summed E-state index contributed by atoms with van der Waals surface area (Å²) in [5.74, 6) is -0.734. The standard InChI is InChI=1S/C16H30N2O3/c1-11(2)10-13(14(19)20)17-15(21)18(5)12-6-8-16(3,4)9-7-12/h11-13H,6-10H2,1-5H3,(H,17,21)(H,19,20)/t13-/m0/s1. The molecule has 0 aromatic carbocycles. The predicted molar refractivity (Wildman–Crippen MR) is 83.2 cm³/mol. The summed E-state index contributed by atoms with van der Waals surface area (Å²) >= 11 is 0. The van der Waals surface area contributed by atoms with Crippen LogP contribution in [0.5, 0.6) is 0 Å². The fraction of sp³-hybridized carbons (Fsp3) is 0.875. The minimum absolute atomic E-state index is 0.214. The summed E-state index contributed by atoms with van der Waals surface area (Å²) in [5.41, 5.74) is 0.356. The summed E-state index contributed by atoms with van der Waals surface area (Å²) in [7, 11) is 1.77. The van der Waals surface area contributed by atoms with Crippen molar-refractivity contribution in [2.24, 2.45) is 11.3 Å². The van der Waals surface area contributed by atoms with E-state index in [1.165, 1.54) is 0 Å². The fourth-order valence-electron chi connectivity index (χ4n) is 2.88. The predicted octanol–water partition coefficient (Wildman–Crippen LogP) is 3.10. The molecule has 1 aliphatic carbocycles. The van der Waals surface area contributed by atoms with Gasteiger partial charge in [0, 0.05) is 13.1 Å². The molecule has 1 aliphatic rings. The third-order valence-electron chi connectivity index (χ3n) is 4.48. The number of carboxylic acid groups (broad SMARTS) is 1. The maximum atomic E-state index is 12.3. The number of carboxylic acids is 1. The lowest BCUT2D eigenvalue weighted by molar-refractivity contribution is -0.139. The van der Waals surface area contributed by atoms with E-state index >= 15 is 0 Å². The Morgan fingerprint density at radius 1 is 1.29 bits per heavy atom. The SMILES string of the molecule is CC(C)C[C@H](NC(=O)N(C)C1CCC(C)(C)CC1)C(=O)O. The van der Waals surface area contributed by atoms with Crippen molar-refractivity contribution < 1.29 is 14.7 Å². The van der Waals surface area contributed by atoms with Gasteiger partial charge < -0.3 is 15.3 Å². The van der Waals surface area contributed by atoms with Crippen molar-refractivity contribution in [3.63, 3.8) is 0 Å². The van der Waals surface area contributed by atoms with E-state index in [1.54, 1.807) is 11.9 Å². The fourth-order valence-corrected chi connectivity index (χ4v) is 2.88. The normalized spacial score (nSPS) is 20.1. The van der Waals surface area contributed by atoms with Crippen LogP contribution in [0, 0.1) is 11.3 Å². The number of aliphatic carboxylic acids is 1. The molecular weight excluding hydrogens is 268 g/mol. The molecule has 0 spiro atoms. The maximum Gasteiger partial charge on any atom is 0.326 e. The molecule has 0 bridgehead atoms. The van der Waals surface area contributed by atoms with E-state index in [0.29, 0.717) is 11.8 Å². The van der Waals surface area contributed by atoms with Crippen LogP contribution in [0.2, 0.25) is 0 Å². The first-order valence-electron chi connectivity index (χ1n) is 7.88. The number of amides is 2. The largest absolute Gasteiger partial charge is 0.480 e. The van der Waals surface area contributed by atoms with Crippen LogP contribution in [-0.4, -0.2) is 41.1 Å². The van der Waals surface area contributed by atoms with Crippen LogP contribution in [0.1, 0.15) is 59.8 Å². The molecule has 0 aliphatic heterocycles. The molecule has 0 radical (unpaired) electrons. The molecule has 1 saturated carbocycles. The Kier molecular flexibility index (Phi) is 6.05. The van der Waals surface area contributed by atoms with E-state index in [2.05, 4.69) is 19.2 Å². The summed E-state index contributed by atoms with van der Waals surface area (Å²) in [6.07, 6.45) is 4.62. The van der Waals surface area contributed by atoms with Gasteiger partial charge in [0.2, 0.25) is 0 Å². The second-order valence-electron chi connectivity index (χ2n) is 7.48. The van der Waals surface area contributed by atoms with Crippen LogP contribution >= 0.6 is 0 Å². The lowest BCUT2D eigenvalue weighted by Gasteiger charge is -2.38. The van der Waals surface area contributed by atoms with Crippen LogP contribution in [0.4, 0.5) is 4.79 Å². The Morgan fingerprint density at radius 3 is 2.24 bits per heavy atom. The van der Waals surface area contributed by atoms with Crippen molar-refractivity contribution in [2.45, 2.75) is 71.9 Å². The van der Waals surface area contributed by atoms with Gasteiger partial charge in [0.05, 0.1) is 0 Å². The molecule has 0 aromatic rings. The zero-order chi connectivity index (χ0) is 16.2. The number of urea groups is 1. The molecule has 2 amide bonds. The van der Waals surface area contributed by atoms with Gasteiger partial charge in [0.25, 0.3) is 0 Å². The molecule has 5 heteroatoms. The number of nitrogens with one attached hydrogen (secondary N) is 1. The van der Waals surface area contributed by atoms with E-state index in [9.17, 15) is 14.7 Å². The number of rotatable bonds is 5. The van der Waals surface area contributed by atoms with Gasteiger partial charge in [-0.1, -0.05) is 27.7 Å². The molecule has 0 unspecified atom stereocenters. The maximum absolute atomic E-state index is 12.3. The third kappa shape index (κ3) is 5.56. The summed E-state index contributed by atoms with van der Waals surface area (Å²) in [6, 6.07) is -0.862. The molecule has 0 saturated heterocycles. The van der Waals surface area contributed by atoms with Gasteiger partial charge in [0.1, 0.15) is 6.04 Å². The molecule has 122 valence electrons. The van der Waals surface area contributed by atoms with Crippen molar-refractivity contribution in [1.29, 1.82) is 0 Å².